The average Bonchev–Trinajstić information content (AvgIpc) is 2.80. The number of benzene rings is 1. The fraction of sp³-hybridized carbons (Fsp3) is 0.143. The maximum atomic E-state index is 13.7. The minimum Gasteiger partial charge on any atom is -0.363 e. The maximum absolute atomic E-state index is 13.7. The second-order valence-corrected chi connectivity index (χ2v) is 4.62. The van der Waals surface area contributed by atoms with Gasteiger partial charge in [0.1, 0.15) is 23.3 Å². The molecule has 1 N–H and O–H groups in total. The van der Waals surface area contributed by atoms with Crippen molar-refractivity contribution in [2.45, 2.75) is 0 Å². The van der Waals surface area contributed by atoms with Crippen LogP contribution in [0.15, 0.2) is 30.3 Å². The van der Waals surface area contributed by atoms with Gasteiger partial charge in [-0.3, -0.25) is 0 Å². The maximum Gasteiger partial charge on any atom is 0.180 e. The Bertz CT molecular complexity index is 760. The van der Waals surface area contributed by atoms with Crippen molar-refractivity contribution in [2.24, 2.45) is 0 Å². The van der Waals surface area contributed by atoms with Gasteiger partial charge in [0.05, 0.1) is 11.1 Å². The van der Waals surface area contributed by atoms with Crippen molar-refractivity contribution >= 4 is 17.0 Å². The molecule has 2 heterocycles. The first-order valence-corrected chi connectivity index (χ1v) is 6.05. The van der Waals surface area contributed by atoms with Crippen LogP contribution in [0.25, 0.3) is 22.6 Å². The van der Waals surface area contributed by atoms with E-state index in [0.29, 0.717) is 11.2 Å². The van der Waals surface area contributed by atoms with E-state index in [1.165, 1.54) is 18.2 Å². The fourth-order valence-electron chi connectivity index (χ4n) is 1.97. The van der Waals surface area contributed by atoms with Crippen molar-refractivity contribution < 1.29 is 8.78 Å². The Labute approximate surface area is 114 Å². The van der Waals surface area contributed by atoms with Crippen LogP contribution >= 0.6 is 0 Å². The van der Waals surface area contributed by atoms with Crippen molar-refractivity contribution in [1.82, 2.24) is 15.0 Å². The summed E-state index contributed by atoms with van der Waals surface area (Å²) in [5.41, 5.74) is 0.888. The molecule has 0 radical (unpaired) electrons. The van der Waals surface area contributed by atoms with E-state index in [1.807, 2.05) is 25.1 Å². The molecule has 0 aliphatic rings. The summed E-state index contributed by atoms with van der Waals surface area (Å²) in [5.74, 6) is -0.447. The van der Waals surface area contributed by atoms with Gasteiger partial charge in [-0.15, -0.1) is 0 Å². The molecule has 102 valence electrons. The third-order valence-electron chi connectivity index (χ3n) is 2.99. The van der Waals surface area contributed by atoms with Crippen LogP contribution in [0.3, 0.4) is 0 Å². The van der Waals surface area contributed by atoms with Gasteiger partial charge in [-0.2, -0.15) is 0 Å². The number of imidazole rings is 1. The largest absolute Gasteiger partial charge is 0.363 e. The Morgan fingerprint density at radius 3 is 2.35 bits per heavy atom. The highest BCUT2D eigenvalue weighted by Gasteiger charge is 2.15. The Morgan fingerprint density at radius 1 is 1.00 bits per heavy atom. The monoisotopic (exact) mass is 274 g/mol. The summed E-state index contributed by atoms with van der Waals surface area (Å²) in [7, 11) is 3.72. The highest BCUT2D eigenvalue weighted by Crippen LogP contribution is 2.25. The molecule has 3 aromatic rings. The molecule has 0 aliphatic carbocycles. The first-order chi connectivity index (χ1) is 9.56. The van der Waals surface area contributed by atoms with Crippen molar-refractivity contribution in [3.8, 4) is 11.4 Å². The second-order valence-electron chi connectivity index (χ2n) is 4.62. The molecule has 20 heavy (non-hydrogen) atoms. The number of anilines is 1. The van der Waals surface area contributed by atoms with Crippen LogP contribution in [0.4, 0.5) is 14.6 Å². The molecule has 0 amide bonds. The Morgan fingerprint density at radius 2 is 1.70 bits per heavy atom. The number of hydrogen-bond donors (Lipinski definition) is 1. The number of nitrogens with zero attached hydrogens (tertiary/aromatic N) is 3. The van der Waals surface area contributed by atoms with E-state index in [4.69, 9.17) is 0 Å². The molecule has 0 atom stereocenters. The zero-order valence-electron chi connectivity index (χ0n) is 11.0. The van der Waals surface area contributed by atoms with Gasteiger partial charge in [-0.25, -0.2) is 18.7 Å². The summed E-state index contributed by atoms with van der Waals surface area (Å²) in [6.45, 7) is 0. The molecule has 0 saturated heterocycles. The number of halogens is 2. The zero-order valence-corrected chi connectivity index (χ0v) is 11.0. The van der Waals surface area contributed by atoms with Gasteiger partial charge >= 0.3 is 0 Å². The predicted molar refractivity (Wildman–Crippen MR) is 73.6 cm³/mol. The first-order valence-electron chi connectivity index (χ1n) is 6.05. The lowest BCUT2D eigenvalue weighted by Crippen LogP contribution is -2.10. The van der Waals surface area contributed by atoms with E-state index in [-0.39, 0.29) is 11.4 Å². The SMILES string of the molecule is CN(C)c1ccc2[nH]c(-c3c(F)cccc3F)nc2n1. The van der Waals surface area contributed by atoms with Crippen LogP contribution in [0.1, 0.15) is 0 Å². The van der Waals surface area contributed by atoms with E-state index in [2.05, 4.69) is 15.0 Å². The lowest BCUT2D eigenvalue weighted by molar-refractivity contribution is 0.588. The van der Waals surface area contributed by atoms with Crippen molar-refractivity contribution in [2.75, 3.05) is 19.0 Å². The summed E-state index contributed by atoms with van der Waals surface area (Å²) in [5, 5.41) is 0. The fourth-order valence-corrected chi connectivity index (χ4v) is 1.97. The molecule has 0 unspecified atom stereocenters. The smallest absolute Gasteiger partial charge is 0.180 e. The normalized spacial score (nSPS) is 11.0. The number of aromatic nitrogens is 3. The Kier molecular flexibility index (Phi) is 2.85. The molecular formula is C14H12F2N4. The van der Waals surface area contributed by atoms with Gasteiger partial charge < -0.3 is 9.88 Å². The first kappa shape index (κ1) is 12.5. The number of nitrogens with one attached hydrogen (secondary N) is 1. The van der Waals surface area contributed by atoms with E-state index >= 15 is 0 Å². The molecule has 0 saturated carbocycles. The van der Waals surface area contributed by atoms with E-state index in [0.717, 1.165) is 5.82 Å². The van der Waals surface area contributed by atoms with Crippen molar-refractivity contribution in [1.29, 1.82) is 0 Å². The molecule has 0 bridgehead atoms. The van der Waals surface area contributed by atoms with Crippen LogP contribution in [0.5, 0.6) is 0 Å². The van der Waals surface area contributed by atoms with Crippen LogP contribution < -0.4 is 4.90 Å². The standard InChI is InChI=1S/C14H12F2N4/c1-20(2)11-7-6-10-13(18-11)19-14(17-10)12-8(15)4-3-5-9(12)16/h3-7H,1-2H3,(H,17,18,19). The van der Waals surface area contributed by atoms with Crippen LogP contribution in [-0.2, 0) is 0 Å². The third-order valence-corrected chi connectivity index (χ3v) is 2.99. The quantitative estimate of drug-likeness (QED) is 0.781. The minimum absolute atomic E-state index is 0.138. The van der Waals surface area contributed by atoms with Gasteiger partial charge in [-0.1, -0.05) is 6.07 Å². The number of aromatic amines is 1. The Balaban J connectivity index is 2.18. The highest BCUT2D eigenvalue weighted by atomic mass is 19.1. The van der Waals surface area contributed by atoms with Gasteiger partial charge in [0.2, 0.25) is 0 Å². The summed E-state index contributed by atoms with van der Waals surface area (Å²) in [6, 6.07) is 7.31. The molecule has 4 nitrogen and oxygen atoms in total. The Hall–Kier alpha value is -2.50. The van der Waals surface area contributed by atoms with Gasteiger partial charge in [-0.05, 0) is 24.3 Å². The summed E-state index contributed by atoms with van der Waals surface area (Å²) < 4.78 is 27.5. The number of hydrogen-bond acceptors (Lipinski definition) is 3. The van der Waals surface area contributed by atoms with Crippen LogP contribution in [-0.4, -0.2) is 29.0 Å². The molecule has 0 spiro atoms. The third kappa shape index (κ3) is 1.99. The number of fused-ring (bicyclic) bond motifs is 1. The van der Waals surface area contributed by atoms with Gasteiger partial charge in [0, 0.05) is 14.1 Å². The van der Waals surface area contributed by atoms with Crippen molar-refractivity contribution in [3.05, 3.63) is 42.0 Å². The van der Waals surface area contributed by atoms with Gasteiger partial charge in [0.15, 0.2) is 5.65 Å². The number of H-pyrrole nitrogens is 1. The molecule has 1 aromatic carbocycles. The molecule has 6 heteroatoms. The number of pyridine rings is 1. The molecule has 0 aliphatic heterocycles. The van der Waals surface area contributed by atoms with E-state index < -0.39 is 11.6 Å². The van der Waals surface area contributed by atoms with Crippen molar-refractivity contribution in [3.63, 3.8) is 0 Å². The molecule has 3 rings (SSSR count). The summed E-state index contributed by atoms with van der Waals surface area (Å²) in [6.07, 6.45) is 0. The highest BCUT2D eigenvalue weighted by molar-refractivity contribution is 5.77. The molecule has 2 aromatic heterocycles. The van der Waals surface area contributed by atoms with Crippen LogP contribution in [0.2, 0.25) is 0 Å². The summed E-state index contributed by atoms with van der Waals surface area (Å²) in [4.78, 5) is 13.2. The number of rotatable bonds is 2. The molecule has 0 fully saturated rings. The minimum atomic E-state index is -0.656. The lowest BCUT2D eigenvalue weighted by atomic mass is 10.2. The lowest BCUT2D eigenvalue weighted by Gasteiger charge is -2.09. The summed E-state index contributed by atoms with van der Waals surface area (Å²) >= 11 is 0. The second kappa shape index (κ2) is 4.56. The average molecular weight is 274 g/mol. The zero-order chi connectivity index (χ0) is 14.3. The van der Waals surface area contributed by atoms with E-state index in [1.54, 1.807) is 6.07 Å². The van der Waals surface area contributed by atoms with Gasteiger partial charge in [0.25, 0.3) is 0 Å². The predicted octanol–water partition coefficient (Wildman–Crippen LogP) is 2.97. The topological polar surface area (TPSA) is 44.8 Å². The molecular weight excluding hydrogens is 262 g/mol. The van der Waals surface area contributed by atoms with E-state index in [9.17, 15) is 8.78 Å². The van der Waals surface area contributed by atoms with Crippen LogP contribution in [0, 0.1) is 11.6 Å².